The molecule has 0 saturated carbocycles. The van der Waals surface area contributed by atoms with E-state index >= 15 is 0 Å². The van der Waals surface area contributed by atoms with Gasteiger partial charge >= 0.3 is 5.97 Å². The van der Waals surface area contributed by atoms with Gasteiger partial charge in [0.05, 0.1) is 11.4 Å². The number of esters is 1. The predicted molar refractivity (Wildman–Crippen MR) is 89.3 cm³/mol. The van der Waals surface area contributed by atoms with Crippen LogP contribution in [-0.2, 0) is 14.3 Å². The summed E-state index contributed by atoms with van der Waals surface area (Å²) in [6, 6.07) is 0. The molecule has 7 nitrogen and oxygen atoms in total. The molecule has 2 heterocycles. The third kappa shape index (κ3) is 4.67. The van der Waals surface area contributed by atoms with Crippen molar-refractivity contribution in [3.05, 3.63) is 34.8 Å². The largest absolute Gasteiger partial charge is 0.457 e. The van der Waals surface area contributed by atoms with Gasteiger partial charge in [0.2, 0.25) is 11.8 Å². The van der Waals surface area contributed by atoms with Crippen molar-refractivity contribution in [2.75, 3.05) is 24.2 Å². The summed E-state index contributed by atoms with van der Waals surface area (Å²) in [4.78, 5) is 41.2. The normalized spacial score (nSPS) is 13.8. The highest BCUT2D eigenvalue weighted by atomic mass is 32.2. The second kappa shape index (κ2) is 7.93. The fraction of sp³-hybridized carbons (Fsp3) is 0.286. The minimum absolute atomic E-state index is 0.0925. The second-order valence-corrected chi connectivity index (χ2v) is 6.38. The number of hydrogen-bond acceptors (Lipinski definition) is 7. The number of hydrogen-bond donors (Lipinski definition) is 1. The van der Waals surface area contributed by atoms with E-state index < -0.39 is 5.97 Å². The molecule has 122 valence electrons. The Bertz CT molecular complexity index is 669. The van der Waals surface area contributed by atoms with Gasteiger partial charge in [-0.15, -0.1) is 11.8 Å². The molecule has 0 radical (unpaired) electrons. The molecule has 9 heteroatoms. The average Bonchev–Trinajstić information content (AvgIpc) is 2.87. The lowest BCUT2D eigenvalue weighted by molar-refractivity contribution is -0.129. The number of nitrogens with zero attached hydrogens (tertiary/aromatic N) is 2. The fourth-order valence-corrected chi connectivity index (χ4v) is 3.21. The Hall–Kier alpha value is -2.13. The molecule has 1 aliphatic heterocycles. The standard InChI is InChI=1S/C14H15N3O4S2/c1-3-5-21-13(20)12-9(2)15-14(23-12)16-10(18)7-17-4-6-22-8-11(17)19/h3-4,6H,1,5,7-8H2,2H3,(H,15,16,18). The molecule has 0 saturated heterocycles. The van der Waals surface area contributed by atoms with E-state index in [4.69, 9.17) is 4.74 Å². The van der Waals surface area contributed by atoms with E-state index in [9.17, 15) is 14.4 Å². The predicted octanol–water partition coefficient (Wildman–Crippen LogP) is 1.78. The SMILES string of the molecule is C=CCOC(=O)c1sc(NC(=O)CN2C=CSCC2=O)nc1C. The lowest BCUT2D eigenvalue weighted by Gasteiger charge is -2.19. The monoisotopic (exact) mass is 353 g/mol. The summed E-state index contributed by atoms with van der Waals surface area (Å²) in [5, 5.41) is 4.64. The quantitative estimate of drug-likeness (QED) is 0.619. The van der Waals surface area contributed by atoms with Gasteiger partial charge in [0.1, 0.15) is 18.0 Å². The highest BCUT2D eigenvalue weighted by Gasteiger charge is 2.20. The van der Waals surface area contributed by atoms with Crippen molar-refractivity contribution < 1.29 is 19.1 Å². The van der Waals surface area contributed by atoms with E-state index in [0.717, 1.165) is 11.3 Å². The maximum absolute atomic E-state index is 12.0. The molecule has 0 atom stereocenters. The maximum atomic E-state index is 12.0. The third-order valence-electron chi connectivity index (χ3n) is 2.74. The highest BCUT2D eigenvalue weighted by Crippen LogP contribution is 2.23. The lowest BCUT2D eigenvalue weighted by Crippen LogP contribution is -2.36. The summed E-state index contributed by atoms with van der Waals surface area (Å²) in [5.41, 5.74) is 0.477. The van der Waals surface area contributed by atoms with Gasteiger partial charge in [0.15, 0.2) is 5.13 Å². The third-order valence-corrected chi connectivity index (χ3v) is 4.52. The van der Waals surface area contributed by atoms with Crippen LogP contribution in [0.4, 0.5) is 5.13 Å². The number of carbonyl (C=O) groups excluding carboxylic acids is 3. The van der Waals surface area contributed by atoms with Crippen LogP contribution in [0.15, 0.2) is 24.3 Å². The van der Waals surface area contributed by atoms with Crippen LogP contribution in [0.25, 0.3) is 0 Å². The van der Waals surface area contributed by atoms with Gasteiger partial charge in [-0.05, 0) is 12.3 Å². The summed E-state index contributed by atoms with van der Waals surface area (Å²) >= 11 is 2.41. The summed E-state index contributed by atoms with van der Waals surface area (Å²) in [5.74, 6) is -0.697. The van der Waals surface area contributed by atoms with Gasteiger partial charge in [-0.25, -0.2) is 9.78 Å². The van der Waals surface area contributed by atoms with Crippen LogP contribution in [0.3, 0.4) is 0 Å². The van der Waals surface area contributed by atoms with Crippen LogP contribution in [0.2, 0.25) is 0 Å². The Kier molecular flexibility index (Phi) is 5.94. The smallest absolute Gasteiger partial charge is 0.350 e. The number of thiazole rings is 1. The lowest BCUT2D eigenvalue weighted by atomic mass is 10.4. The number of anilines is 1. The van der Waals surface area contributed by atoms with E-state index in [1.165, 1.54) is 22.7 Å². The van der Waals surface area contributed by atoms with Crippen LogP contribution in [0.5, 0.6) is 0 Å². The first-order chi connectivity index (χ1) is 11.0. The van der Waals surface area contributed by atoms with Crippen molar-refractivity contribution in [1.29, 1.82) is 0 Å². The van der Waals surface area contributed by atoms with Gasteiger partial charge in [-0.1, -0.05) is 24.0 Å². The second-order valence-electron chi connectivity index (χ2n) is 4.49. The number of aromatic nitrogens is 1. The Morgan fingerprint density at radius 1 is 1.57 bits per heavy atom. The van der Waals surface area contributed by atoms with E-state index in [2.05, 4.69) is 16.9 Å². The molecule has 0 bridgehead atoms. The number of thioether (sulfide) groups is 1. The van der Waals surface area contributed by atoms with Crippen molar-refractivity contribution in [1.82, 2.24) is 9.88 Å². The zero-order chi connectivity index (χ0) is 16.8. The summed E-state index contributed by atoms with van der Waals surface area (Å²) in [6.45, 7) is 5.14. The van der Waals surface area contributed by atoms with Crippen molar-refractivity contribution in [3.8, 4) is 0 Å². The van der Waals surface area contributed by atoms with E-state index in [0.29, 0.717) is 21.5 Å². The molecule has 0 aromatic carbocycles. The first-order valence-electron chi connectivity index (χ1n) is 6.64. The van der Waals surface area contributed by atoms with Crippen LogP contribution < -0.4 is 5.32 Å². The molecular formula is C14H15N3O4S2. The van der Waals surface area contributed by atoms with Crippen LogP contribution in [0.1, 0.15) is 15.4 Å². The minimum Gasteiger partial charge on any atom is -0.457 e. The van der Waals surface area contributed by atoms with Crippen molar-refractivity contribution in [2.45, 2.75) is 6.92 Å². The van der Waals surface area contributed by atoms with Gasteiger partial charge in [-0.2, -0.15) is 0 Å². The number of ether oxygens (including phenoxy) is 1. The first-order valence-corrected chi connectivity index (χ1v) is 8.51. The zero-order valence-corrected chi connectivity index (χ0v) is 14.0. The topological polar surface area (TPSA) is 88.6 Å². The number of amides is 2. The summed E-state index contributed by atoms with van der Waals surface area (Å²) in [6.07, 6.45) is 3.04. The highest BCUT2D eigenvalue weighted by molar-refractivity contribution is 8.02. The van der Waals surface area contributed by atoms with Crippen molar-refractivity contribution >= 4 is 46.0 Å². The molecule has 1 N–H and O–H groups in total. The molecule has 0 fully saturated rings. The van der Waals surface area contributed by atoms with Gasteiger partial charge in [0.25, 0.3) is 0 Å². The number of aryl methyl sites for hydroxylation is 1. The zero-order valence-electron chi connectivity index (χ0n) is 12.4. The molecule has 0 aliphatic carbocycles. The average molecular weight is 353 g/mol. The Balaban J connectivity index is 1.97. The molecule has 23 heavy (non-hydrogen) atoms. The van der Waals surface area contributed by atoms with E-state index in [1.807, 2.05) is 0 Å². The van der Waals surface area contributed by atoms with Crippen LogP contribution in [0, 0.1) is 6.92 Å². The van der Waals surface area contributed by atoms with Crippen molar-refractivity contribution in [3.63, 3.8) is 0 Å². The molecule has 2 rings (SSSR count). The first kappa shape index (κ1) is 17.2. The van der Waals surface area contributed by atoms with Gasteiger partial charge in [0, 0.05) is 6.20 Å². The Labute approximate surface area is 141 Å². The molecule has 1 aliphatic rings. The molecule has 0 spiro atoms. The molecular weight excluding hydrogens is 338 g/mol. The van der Waals surface area contributed by atoms with Crippen LogP contribution in [-0.4, -0.2) is 46.6 Å². The van der Waals surface area contributed by atoms with E-state index in [1.54, 1.807) is 18.5 Å². The Morgan fingerprint density at radius 3 is 3.04 bits per heavy atom. The van der Waals surface area contributed by atoms with Gasteiger partial charge < -0.3 is 15.0 Å². The van der Waals surface area contributed by atoms with Crippen molar-refractivity contribution in [2.24, 2.45) is 0 Å². The minimum atomic E-state index is -0.508. The van der Waals surface area contributed by atoms with Crippen LogP contribution >= 0.6 is 23.1 Å². The van der Waals surface area contributed by atoms with Gasteiger partial charge in [-0.3, -0.25) is 9.59 Å². The summed E-state index contributed by atoms with van der Waals surface area (Å²) < 4.78 is 4.95. The number of carbonyl (C=O) groups is 3. The number of nitrogens with one attached hydrogen (secondary N) is 1. The molecule has 1 aromatic rings. The van der Waals surface area contributed by atoms with E-state index in [-0.39, 0.29) is 25.0 Å². The Morgan fingerprint density at radius 2 is 2.35 bits per heavy atom. The summed E-state index contributed by atoms with van der Waals surface area (Å²) in [7, 11) is 0. The molecule has 0 unspecified atom stereocenters. The molecule has 1 aromatic heterocycles. The maximum Gasteiger partial charge on any atom is 0.350 e. The molecule has 2 amide bonds. The fourth-order valence-electron chi connectivity index (χ4n) is 1.70. The number of rotatable bonds is 6.